The summed E-state index contributed by atoms with van der Waals surface area (Å²) >= 11 is 12.1. The first-order chi connectivity index (χ1) is 13.3. The van der Waals surface area contributed by atoms with E-state index in [2.05, 4.69) is 0 Å². The molecule has 3 rings (SSSR count). The van der Waals surface area contributed by atoms with Gasteiger partial charge in [-0.1, -0.05) is 29.3 Å². The summed E-state index contributed by atoms with van der Waals surface area (Å²) in [6, 6.07) is 8.75. The highest BCUT2D eigenvalue weighted by atomic mass is 35.5. The first-order valence-electron chi connectivity index (χ1n) is 8.60. The first kappa shape index (κ1) is 20.2. The first-order valence-corrected chi connectivity index (χ1v) is 9.36. The number of aliphatic carboxylic acids is 1. The molecule has 2 aromatic carbocycles. The van der Waals surface area contributed by atoms with Crippen LogP contribution in [0, 0.1) is 13.8 Å². The van der Waals surface area contributed by atoms with Gasteiger partial charge in [-0.3, -0.25) is 0 Å². The van der Waals surface area contributed by atoms with Crippen molar-refractivity contribution < 1.29 is 19.1 Å². The lowest BCUT2D eigenvalue weighted by Gasteiger charge is -2.14. The molecule has 5 nitrogen and oxygen atoms in total. The van der Waals surface area contributed by atoms with Crippen molar-refractivity contribution in [1.29, 1.82) is 0 Å². The molecule has 7 heteroatoms. The molecule has 28 heavy (non-hydrogen) atoms. The second-order valence-corrected chi connectivity index (χ2v) is 7.30. The Hall–Kier alpha value is -2.50. The number of benzene rings is 2. The third kappa shape index (κ3) is 4.16. The van der Waals surface area contributed by atoms with Gasteiger partial charge in [0.1, 0.15) is 17.9 Å². The summed E-state index contributed by atoms with van der Waals surface area (Å²) in [5, 5.41) is 12.5. The smallest absolute Gasteiger partial charge is 0.339 e. The predicted molar refractivity (Wildman–Crippen MR) is 106 cm³/mol. The summed E-state index contributed by atoms with van der Waals surface area (Å²) in [7, 11) is 0. The van der Waals surface area contributed by atoms with Gasteiger partial charge >= 0.3 is 5.63 Å². The van der Waals surface area contributed by atoms with Crippen LogP contribution in [0.2, 0.25) is 10.0 Å². The number of hydrogen-bond acceptors (Lipinski definition) is 5. The average molecular weight is 420 g/mol. The van der Waals surface area contributed by atoms with Crippen LogP contribution in [0.15, 0.2) is 39.5 Å². The molecule has 146 valence electrons. The Balaban J connectivity index is 1.93. The van der Waals surface area contributed by atoms with Crippen molar-refractivity contribution in [3.8, 4) is 5.75 Å². The van der Waals surface area contributed by atoms with Crippen LogP contribution in [-0.4, -0.2) is 5.97 Å². The molecular formula is C21H17Cl2O5-. The van der Waals surface area contributed by atoms with E-state index in [0.717, 1.165) is 10.9 Å². The Kier molecular flexibility index (Phi) is 5.96. The van der Waals surface area contributed by atoms with Gasteiger partial charge < -0.3 is 19.1 Å². The average Bonchev–Trinajstić information content (AvgIpc) is 2.62. The number of halogens is 2. The van der Waals surface area contributed by atoms with Gasteiger partial charge in [-0.25, -0.2) is 4.79 Å². The third-order valence-corrected chi connectivity index (χ3v) is 5.22. The Morgan fingerprint density at radius 1 is 1.14 bits per heavy atom. The zero-order valence-electron chi connectivity index (χ0n) is 15.3. The molecule has 0 spiro atoms. The molecule has 1 aromatic heterocycles. The number of hydrogen-bond donors (Lipinski definition) is 0. The van der Waals surface area contributed by atoms with Crippen molar-refractivity contribution in [1.82, 2.24) is 0 Å². The second kappa shape index (κ2) is 8.25. The van der Waals surface area contributed by atoms with E-state index in [9.17, 15) is 14.7 Å². The van der Waals surface area contributed by atoms with Crippen LogP contribution >= 0.6 is 23.2 Å². The van der Waals surface area contributed by atoms with Crippen molar-refractivity contribution in [3.05, 3.63) is 73.1 Å². The molecule has 0 amide bonds. The summed E-state index contributed by atoms with van der Waals surface area (Å²) < 4.78 is 11.3. The zero-order chi connectivity index (χ0) is 20.4. The fourth-order valence-corrected chi connectivity index (χ4v) is 3.50. The van der Waals surface area contributed by atoms with E-state index in [-0.39, 0.29) is 19.4 Å². The number of fused-ring (bicyclic) bond motifs is 1. The van der Waals surface area contributed by atoms with Crippen LogP contribution in [0.1, 0.15) is 28.7 Å². The second-order valence-electron chi connectivity index (χ2n) is 6.45. The summed E-state index contributed by atoms with van der Waals surface area (Å²) in [5.41, 5.74) is 2.36. The molecule has 0 N–H and O–H groups in total. The van der Waals surface area contributed by atoms with E-state index in [1.54, 1.807) is 44.2 Å². The Morgan fingerprint density at radius 2 is 1.89 bits per heavy atom. The molecule has 0 saturated carbocycles. The molecule has 1 heterocycles. The molecule has 0 unspecified atom stereocenters. The Bertz CT molecular complexity index is 1120. The maximum Gasteiger partial charge on any atom is 0.339 e. The Morgan fingerprint density at radius 3 is 2.57 bits per heavy atom. The SMILES string of the molecule is Cc1c(CCC(=O)[O-])c(=O)oc2c(C)c(OCc3ccc(Cl)cc3Cl)ccc12. The molecule has 0 aliphatic rings. The van der Waals surface area contributed by atoms with Crippen molar-refractivity contribution in [3.63, 3.8) is 0 Å². The van der Waals surface area contributed by atoms with Crippen LogP contribution in [0.5, 0.6) is 5.75 Å². The van der Waals surface area contributed by atoms with Gasteiger partial charge in [0.25, 0.3) is 0 Å². The summed E-state index contributed by atoms with van der Waals surface area (Å²) in [4.78, 5) is 23.0. The molecule has 0 aliphatic heterocycles. The minimum atomic E-state index is -1.21. The number of carbonyl (C=O) groups is 1. The zero-order valence-corrected chi connectivity index (χ0v) is 16.8. The van der Waals surface area contributed by atoms with Crippen molar-refractivity contribution in [2.75, 3.05) is 0 Å². The van der Waals surface area contributed by atoms with E-state index in [1.165, 1.54) is 0 Å². The largest absolute Gasteiger partial charge is 0.550 e. The van der Waals surface area contributed by atoms with E-state index in [0.29, 0.717) is 38.1 Å². The van der Waals surface area contributed by atoms with E-state index < -0.39 is 11.6 Å². The summed E-state index contributed by atoms with van der Waals surface area (Å²) in [6.07, 6.45) is -0.169. The van der Waals surface area contributed by atoms with Crippen LogP contribution in [-0.2, 0) is 17.8 Å². The highest BCUT2D eigenvalue weighted by molar-refractivity contribution is 6.35. The molecule has 3 aromatic rings. The molecule has 0 atom stereocenters. The molecule has 0 radical (unpaired) electrons. The quantitative estimate of drug-likeness (QED) is 0.564. The van der Waals surface area contributed by atoms with Crippen LogP contribution in [0.4, 0.5) is 0 Å². The molecule has 0 saturated heterocycles. The number of rotatable bonds is 6. The third-order valence-electron chi connectivity index (χ3n) is 4.63. The van der Waals surface area contributed by atoms with Gasteiger partial charge in [-0.15, -0.1) is 0 Å². The van der Waals surface area contributed by atoms with Gasteiger partial charge in [-0.05, 0) is 56.5 Å². The topological polar surface area (TPSA) is 79.6 Å². The maximum atomic E-state index is 12.3. The van der Waals surface area contributed by atoms with Crippen molar-refractivity contribution >= 4 is 40.1 Å². The number of carboxylic acids is 1. The van der Waals surface area contributed by atoms with E-state index >= 15 is 0 Å². The highest BCUT2D eigenvalue weighted by Gasteiger charge is 2.15. The molecule has 0 fully saturated rings. The number of carboxylic acid groups (broad SMARTS) is 1. The van der Waals surface area contributed by atoms with Crippen LogP contribution in [0.25, 0.3) is 11.0 Å². The minimum Gasteiger partial charge on any atom is -0.550 e. The van der Waals surface area contributed by atoms with E-state index in [1.807, 2.05) is 0 Å². The molecule has 0 aliphatic carbocycles. The van der Waals surface area contributed by atoms with Gasteiger partial charge in [0.05, 0.1) is 0 Å². The standard InChI is InChI=1S/C21H18Cl2O5/c1-11-15-5-7-18(27-10-13-3-4-14(22)9-17(13)23)12(2)20(15)28-21(26)16(11)6-8-19(24)25/h3-5,7,9H,6,8,10H2,1-2H3,(H,24,25)/p-1. The van der Waals surface area contributed by atoms with Gasteiger partial charge in [0, 0.05) is 38.1 Å². The number of aryl methyl sites for hydroxylation is 2. The molecular weight excluding hydrogens is 403 g/mol. The normalized spacial score (nSPS) is 11.0. The van der Waals surface area contributed by atoms with Gasteiger partial charge in [0.15, 0.2) is 0 Å². The fraction of sp³-hybridized carbons (Fsp3) is 0.238. The summed E-state index contributed by atoms with van der Waals surface area (Å²) in [6.45, 7) is 3.80. The van der Waals surface area contributed by atoms with E-state index in [4.69, 9.17) is 32.4 Å². The van der Waals surface area contributed by atoms with Crippen molar-refractivity contribution in [2.24, 2.45) is 0 Å². The lowest BCUT2D eigenvalue weighted by atomic mass is 10.0. The summed E-state index contributed by atoms with van der Waals surface area (Å²) in [5.74, 6) is -0.650. The Labute approximate surface area is 171 Å². The van der Waals surface area contributed by atoms with Crippen LogP contribution in [0.3, 0.4) is 0 Å². The van der Waals surface area contributed by atoms with Gasteiger partial charge in [-0.2, -0.15) is 0 Å². The number of ether oxygens (including phenoxy) is 1. The fourth-order valence-electron chi connectivity index (χ4n) is 3.04. The highest BCUT2D eigenvalue weighted by Crippen LogP contribution is 2.31. The van der Waals surface area contributed by atoms with Crippen LogP contribution < -0.4 is 15.5 Å². The minimum absolute atomic E-state index is 0.0683. The lowest BCUT2D eigenvalue weighted by molar-refractivity contribution is -0.305. The predicted octanol–water partition coefficient (Wildman–Crippen LogP) is 3.98. The molecule has 0 bridgehead atoms. The van der Waals surface area contributed by atoms with Crippen molar-refractivity contribution in [2.45, 2.75) is 33.3 Å². The number of carbonyl (C=O) groups excluding carboxylic acids is 1. The van der Waals surface area contributed by atoms with Gasteiger partial charge in [0.2, 0.25) is 0 Å². The maximum absolute atomic E-state index is 12.3. The lowest BCUT2D eigenvalue weighted by Crippen LogP contribution is -2.24. The monoisotopic (exact) mass is 419 g/mol.